The zero-order valence-corrected chi connectivity index (χ0v) is 14.7. The van der Waals surface area contributed by atoms with Crippen molar-refractivity contribution in [3.05, 3.63) is 54.6 Å². The lowest BCUT2D eigenvalue weighted by molar-refractivity contribution is 0.122. The van der Waals surface area contributed by atoms with Crippen molar-refractivity contribution in [1.29, 1.82) is 0 Å². The van der Waals surface area contributed by atoms with E-state index in [1.165, 1.54) is 0 Å². The van der Waals surface area contributed by atoms with E-state index in [0.717, 1.165) is 41.7 Å². The minimum Gasteiger partial charge on any atom is -0.496 e. The van der Waals surface area contributed by atoms with E-state index in [1.807, 2.05) is 36.8 Å². The maximum Gasteiger partial charge on any atom is 0.225 e. The molecule has 0 unspecified atom stereocenters. The molecule has 2 aromatic heterocycles. The summed E-state index contributed by atoms with van der Waals surface area (Å²) in [7, 11) is 1.69. The number of para-hydroxylation sites is 1. The number of rotatable bonds is 5. The average Bonchev–Trinajstić information content (AvgIpc) is 3.17. The number of imidazole rings is 1. The van der Waals surface area contributed by atoms with Crippen LogP contribution in [0.5, 0.6) is 5.75 Å². The van der Waals surface area contributed by atoms with Crippen molar-refractivity contribution in [2.75, 3.05) is 38.3 Å². The second-order valence-electron chi connectivity index (χ2n) is 6.06. The van der Waals surface area contributed by atoms with Crippen LogP contribution in [0.4, 0.5) is 5.95 Å². The second-order valence-corrected chi connectivity index (χ2v) is 6.06. The standard InChI is InChI=1S/C19H21N5O2/c1-25-17-5-3-2-4-15(17)14-24-7-6-20-18(24)16-12-21-19(22-13-16)23-8-10-26-11-9-23/h2-7,12-13H,8-11,14H2,1H3. The fourth-order valence-electron chi connectivity index (χ4n) is 3.08. The number of nitrogens with zero attached hydrogens (tertiary/aromatic N) is 5. The van der Waals surface area contributed by atoms with Crippen molar-refractivity contribution in [3.63, 3.8) is 0 Å². The van der Waals surface area contributed by atoms with Crippen molar-refractivity contribution >= 4 is 5.95 Å². The molecule has 0 N–H and O–H groups in total. The first kappa shape index (κ1) is 16.5. The van der Waals surface area contributed by atoms with E-state index in [9.17, 15) is 0 Å². The van der Waals surface area contributed by atoms with Crippen molar-refractivity contribution in [2.45, 2.75) is 6.54 Å². The number of benzene rings is 1. The number of hydrogen-bond acceptors (Lipinski definition) is 6. The van der Waals surface area contributed by atoms with Crippen LogP contribution in [0.2, 0.25) is 0 Å². The fourth-order valence-corrected chi connectivity index (χ4v) is 3.08. The molecular weight excluding hydrogens is 330 g/mol. The van der Waals surface area contributed by atoms with Gasteiger partial charge in [0.15, 0.2) is 0 Å². The van der Waals surface area contributed by atoms with Gasteiger partial charge in [0.2, 0.25) is 5.95 Å². The molecule has 0 bridgehead atoms. The molecule has 1 fully saturated rings. The molecular formula is C19H21N5O2. The Kier molecular flexibility index (Phi) is 4.79. The summed E-state index contributed by atoms with van der Waals surface area (Å²) in [5.41, 5.74) is 1.99. The van der Waals surface area contributed by atoms with Crippen molar-refractivity contribution in [1.82, 2.24) is 19.5 Å². The highest BCUT2D eigenvalue weighted by atomic mass is 16.5. The van der Waals surface area contributed by atoms with E-state index in [0.29, 0.717) is 19.8 Å². The first-order valence-electron chi connectivity index (χ1n) is 8.63. The molecule has 0 atom stereocenters. The van der Waals surface area contributed by atoms with Crippen molar-refractivity contribution < 1.29 is 9.47 Å². The van der Waals surface area contributed by atoms with Gasteiger partial charge in [-0.2, -0.15) is 0 Å². The number of methoxy groups -OCH3 is 1. The van der Waals surface area contributed by atoms with Crippen molar-refractivity contribution in [2.24, 2.45) is 0 Å². The minimum absolute atomic E-state index is 0.671. The van der Waals surface area contributed by atoms with Crippen LogP contribution in [0.25, 0.3) is 11.4 Å². The van der Waals surface area contributed by atoms with Crippen LogP contribution < -0.4 is 9.64 Å². The number of hydrogen-bond donors (Lipinski definition) is 0. The number of morpholine rings is 1. The van der Waals surface area contributed by atoms with E-state index in [-0.39, 0.29) is 0 Å². The molecule has 0 radical (unpaired) electrons. The molecule has 1 aliphatic heterocycles. The van der Waals surface area contributed by atoms with Gasteiger partial charge in [0, 0.05) is 43.4 Å². The van der Waals surface area contributed by atoms with Crippen LogP contribution in [0.1, 0.15) is 5.56 Å². The average molecular weight is 351 g/mol. The minimum atomic E-state index is 0.671. The molecule has 1 saturated heterocycles. The van der Waals surface area contributed by atoms with Gasteiger partial charge in [-0.25, -0.2) is 15.0 Å². The Labute approximate surface area is 152 Å². The zero-order valence-electron chi connectivity index (χ0n) is 14.7. The molecule has 26 heavy (non-hydrogen) atoms. The Balaban J connectivity index is 1.56. The highest BCUT2D eigenvalue weighted by Gasteiger charge is 2.15. The summed E-state index contributed by atoms with van der Waals surface area (Å²) in [4.78, 5) is 15.7. The lowest BCUT2D eigenvalue weighted by Crippen LogP contribution is -2.37. The van der Waals surface area contributed by atoms with Crippen LogP contribution >= 0.6 is 0 Å². The Morgan fingerprint density at radius 2 is 1.85 bits per heavy atom. The van der Waals surface area contributed by atoms with Gasteiger partial charge in [0.05, 0.1) is 32.4 Å². The summed E-state index contributed by atoms with van der Waals surface area (Å²) in [5, 5.41) is 0. The van der Waals surface area contributed by atoms with Gasteiger partial charge in [0.1, 0.15) is 11.6 Å². The van der Waals surface area contributed by atoms with Crippen LogP contribution in [0, 0.1) is 0 Å². The molecule has 0 spiro atoms. The molecule has 0 amide bonds. The van der Waals surface area contributed by atoms with Gasteiger partial charge in [-0.3, -0.25) is 0 Å². The maximum atomic E-state index is 5.45. The fraction of sp³-hybridized carbons (Fsp3) is 0.316. The largest absolute Gasteiger partial charge is 0.496 e. The van der Waals surface area contributed by atoms with Gasteiger partial charge >= 0.3 is 0 Å². The van der Waals surface area contributed by atoms with E-state index in [1.54, 1.807) is 13.3 Å². The molecule has 3 aromatic rings. The Morgan fingerprint density at radius 3 is 2.62 bits per heavy atom. The van der Waals surface area contributed by atoms with Gasteiger partial charge in [0.25, 0.3) is 0 Å². The summed E-state index contributed by atoms with van der Waals surface area (Å²) in [6.45, 7) is 3.75. The third kappa shape index (κ3) is 3.39. The summed E-state index contributed by atoms with van der Waals surface area (Å²) >= 11 is 0. The van der Waals surface area contributed by atoms with Crippen LogP contribution in [0.3, 0.4) is 0 Å². The summed E-state index contributed by atoms with van der Waals surface area (Å²) in [6, 6.07) is 8.00. The third-order valence-electron chi connectivity index (χ3n) is 4.44. The molecule has 4 rings (SSSR count). The predicted molar refractivity (Wildman–Crippen MR) is 98.4 cm³/mol. The summed E-state index contributed by atoms with van der Waals surface area (Å²) in [6.07, 6.45) is 7.41. The normalized spacial score (nSPS) is 14.4. The third-order valence-corrected chi connectivity index (χ3v) is 4.44. The lowest BCUT2D eigenvalue weighted by atomic mass is 10.2. The lowest BCUT2D eigenvalue weighted by Gasteiger charge is -2.26. The highest BCUT2D eigenvalue weighted by Crippen LogP contribution is 2.23. The number of anilines is 1. The Morgan fingerprint density at radius 1 is 1.08 bits per heavy atom. The van der Waals surface area contributed by atoms with Crippen molar-refractivity contribution in [3.8, 4) is 17.1 Å². The quantitative estimate of drug-likeness (QED) is 0.702. The van der Waals surface area contributed by atoms with Crippen LogP contribution in [-0.2, 0) is 11.3 Å². The molecule has 134 valence electrons. The van der Waals surface area contributed by atoms with Gasteiger partial charge < -0.3 is 18.9 Å². The molecule has 0 saturated carbocycles. The molecule has 7 nitrogen and oxygen atoms in total. The van der Waals surface area contributed by atoms with E-state index in [4.69, 9.17) is 9.47 Å². The molecule has 1 aromatic carbocycles. The number of aromatic nitrogens is 4. The zero-order chi connectivity index (χ0) is 17.8. The monoisotopic (exact) mass is 351 g/mol. The highest BCUT2D eigenvalue weighted by molar-refractivity contribution is 5.54. The smallest absolute Gasteiger partial charge is 0.225 e. The summed E-state index contributed by atoms with van der Waals surface area (Å²) in [5.74, 6) is 2.44. The van der Waals surface area contributed by atoms with Crippen LogP contribution in [0.15, 0.2) is 49.1 Å². The van der Waals surface area contributed by atoms with E-state index >= 15 is 0 Å². The maximum absolute atomic E-state index is 5.45. The van der Waals surface area contributed by atoms with Crippen LogP contribution in [-0.4, -0.2) is 52.9 Å². The molecule has 3 heterocycles. The molecule has 0 aliphatic carbocycles. The van der Waals surface area contributed by atoms with Gasteiger partial charge in [-0.15, -0.1) is 0 Å². The van der Waals surface area contributed by atoms with E-state index in [2.05, 4.69) is 30.5 Å². The van der Waals surface area contributed by atoms with E-state index < -0.39 is 0 Å². The molecule has 7 heteroatoms. The Hall–Kier alpha value is -2.93. The SMILES string of the molecule is COc1ccccc1Cn1ccnc1-c1cnc(N2CCOCC2)nc1. The first-order valence-corrected chi connectivity index (χ1v) is 8.63. The first-order chi connectivity index (χ1) is 12.8. The number of ether oxygens (including phenoxy) is 2. The van der Waals surface area contributed by atoms with Gasteiger partial charge in [-0.1, -0.05) is 18.2 Å². The topological polar surface area (TPSA) is 65.3 Å². The second kappa shape index (κ2) is 7.53. The summed E-state index contributed by atoms with van der Waals surface area (Å²) < 4.78 is 12.9. The predicted octanol–water partition coefficient (Wildman–Crippen LogP) is 2.23. The Bertz CT molecular complexity index is 856. The molecule has 1 aliphatic rings. The van der Waals surface area contributed by atoms with Gasteiger partial charge in [-0.05, 0) is 6.07 Å².